The van der Waals surface area contributed by atoms with Crippen LogP contribution in [0.2, 0.25) is 15.2 Å². The number of carbonyl (C=O) groups is 1. The zero-order valence-corrected chi connectivity index (χ0v) is 14.0. The number of fused-ring (bicyclic) bond motifs is 1. The van der Waals surface area contributed by atoms with Gasteiger partial charge in [0.2, 0.25) is 0 Å². The predicted octanol–water partition coefficient (Wildman–Crippen LogP) is 3.51. The van der Waals surface area contributed by atoms with E-state index in [1.165, 1.54) is 11.1 Å². The number of anilines is 1. The minimum Gasteiger partial charge on any atom is -0.396 e. The highest BCUT2D eigenvalue weighted by Crippen LogP contribution is 2.34. The lowest BCUT2D eigenvalue weighted by molar-refractivity contribution is 0.0950. The van der Waals surface area contributed by atoms with Gasteiger partial charge in [0, 0.05) is 18.6 Å². The summed E-state index contributed by atoms with van der Waals surface area (Å²) >= 11 is 17.6. The number of nitrogens with one attached hydrogen (secondary N) is 1. The Morgan fingerprint density at radius 1 is 1.13 bits per heavy atom. The molecule has 2 aromatic rings. The van der Waals surface area contributed by atoms with Crippen LogP contribution in [-0.2, 0) is 12.8 Å². The van der Waals surface area contributed by atoms with E-state index in [0.717, 1.165) is 5.71 Å². The zero-order chi connectivity index (χ0) is 16.6. The Bertz CT molecular complexity index is 809. The van der Waals surface area contributed by atoms with Gasteiger partial charge < -0.3 is 5.73 Å². The molecule has 0 aliphatic heterocycles. The number of pyridine rings is 1. The van der Waals surface area contributed by atoms with Crippen molar-refractivity contribution in [1.82, 2.24) is 10.4 Å². The molecular weight excluding hydrogens is 359 g/mol. The SMILES string of the molecule is Nc1c(Cl)c(Cl)nc(C(=O)NN=C2Cc3ccccc3C2)c1Cl. The number of nitrogens with zero attached hydrogens (tertiary/aromatic N) is 2. The first-order chi connectivity index (χ1) is 11.0. The number of hydrogen-bond acceptors (Lipinski definition) is 4. The Kier molecular flexibility index (Phi) is 4.43. The molecule has 0 bridgehead atoms. The fourth-order valence-corrected chi connectivity index (χ4v) is 2.94. The first-order valence-corrected chi connectivity index (χ1v) is 7.83. The van der Waals surface area contributed by atoms with Gasteiger partial charge in [0.15, 0.2) is 10.8 Å². The third kappa shape index (κ3) is 3.13. The molecule has 3 rings (SSSR count). The molecule has 0 spiro atoms. The number of hydrogen-bond donors (Lipinski definition) is 2. The smallest absolute Gasteiger partial charge is 0.291 e. The topological polar surface area (TPSA) is 80.4 Å². The molecular formula is C15H11Cl3N4O. The summed E-state index contributed by atoms with van der Waals surface area (Å²) in [7, 11) is 0. The third-order valence-corrected chi connectivity index (χ3v) is 4.65. The maximum Gasteiger partial charge on any atom is 0.291 e. The van der Waals surface area contributed by atoms with Crippen LogP contribution in [0.15, 0.2) is 29.4 Å². The van der Waals surface area contributed by atoms with Crippen LogP contribution < -0.4 is 11.2 Å². The number of carbonyl (C=O) groups excluding carboxylic acids is 1. The third-order valence-electron chi connectivity index (χ3n) is 3.51. The van der Waals surface area contributed by atoms with E-state index in [4.69, 9.17) is 40.5 Å². The number of halogens is 3. The summed E-state index contributed by atoms with van der Waals surface area (Å²) in [6.07, 6.45) is 1.39. The van der Waals surface area contributed by atoms with Crippen LogP contribution in [0.25, 0.3) is 0 Å². The summed E-state index contributed by atoms with van der Waals surface area (Å²) in [6, 6.07) is 8.03. The highest BCUT2D eigenvalue weighted by Gasteiger charge is 2.21. The number of nitrogens with two attached hydrogens (primary N) is 1. The molecule has 3 N–H and O–H groups in total. The Hall–Kier alpha value is -1.82. The molecule has 0 saturated carbocycles. The van der Waals surface area contributed by atoms with Crippen LogP contribution in [0.3, 0.4) is 0 Å². The van der Waals surface area contributed by atoms with E-state index in [2.05, 4.69) is 15.5 Å². The average Bonchev–Trinajstić information content (AvgIpc) is 2.97. The molecule has 0 saturated heterocycles. The van der Waals surface area contributed by atoms with Crippen molar-refractivity contribution in [3.05, 3.63) is 56.3 Å². The van der Waals surface area contributed by atoms with E-state index >= 15 is 0 Å². The normalized spacial score (nSPS) is 12.9. The first kappa shape index (κ1) is 16.1. The lowest BCUT2D eigenvalue weighted by Gasteiger charge is -2.08. The molecule has 5 nitrogen and oxygen atoms in total. The highest BCUT2D eigenvalue weighted by atomic mass is 35.5. The number of aromatic nitrogens is 1. The van der Waals surface area contributed by atoms with Gasteiger partial charge in [0.05, 0.1) is 10.7 Å². The molecule has 1 aliphatic carbocycles. The van der Waals surface area contributed by atoms with E-state index in [-0.39, 0.29) is 26.6 Å². The van der Waals surface area contributed by atoms with Gasteiger partial charge in [-0.15, -0.1) is 0 Å². The number of nitrogen functional groups attached to an aromatic ring is 1. The Morgan fingerprint density at radius 3 is 2.35 bits per heavy atom. The standard InChI is InChI=1S/C15H11Cl3N4O/c16-10-12(19)11(17)14(18)20-13(10)15(23)22-21-9-5-7-3-1-2-4-8(7)6-9/h1-4H,5-6H2,(H2,19,20)(H,22,23). The van der Waals surface area contributed by atoms with Crippen LogP contribution in [0, 0.1) is 0 Å². The minimum atomic E-state index is -0.594. The van der Waals surface area contributed by atoms with E-state index in [1.54, 1.807) is 0 Å². The van der Waals surface area contributed by atoms with Crippen molar-refractivity contribution in [3.8, 4) is 0 Å². The van der Waals surface area contributed by atoms with Crippen LogP contribution in [-0.4, -0.2) is 16.6 Å². The van der Waals surface area contributed by atoms with E-state index < -0.39 is 5.91 Å². The summed E-state index contributed by atoms with van der Waals surface area (Å²) in [5.41, 5.74) is 11.3. The molecule has 23 heavy (non-hydrogen) atoms. The van der Waals surface area contributed by atoms with Crippen molar-refractivity contribution in [2.75, 3.05) is 5.73 Å². The quantitative estimate of drug-likeness (QED) is 0.628. The van der Waals surface area contributed by atoms with Crippen molar-refractivity contribution in [1.29, 1.82) is 0 Å². The van der Waals surface area contributed by atoms with Crippen LogP contribution in [0.1, 0.15) is 21.6 Å². The molecule has 118 valence electrons. The molecule has 8 heteroatoms. The van der Waals surface area contributed by atoms with Gasteiger partial charge in [-0.25, -0.2) is 10.4 Å². The van der Waals surface area contributed by atoms with Gasteiger partial charge in [-0.05, 0) is 11.1 Å². The molecule has 0 fully saturated rings. The second kappa shape index (κ2) is 6.35. The minimum absolute atomic E-state index is 0.0133. The lowest BCUT2D eigenvalue weighted by atomic mass is 10.1. The number of benzene rings is 1. The lowest BCUT2D eigenvalue weighted by Crippen LogP contribution is -2.22. The van der Waals surface area contributed by atoms with Crippen molar-refractivity contribution >= 4 is 52.1 Å². The van der Waals surface area contributed by atoms with Gasteiger partial charge in [-0.2, -0.15) is 5.10 Å². The summed E-state index contributed by atoms with van der Waals surface area (Å²) in [4.78, 5) is 16.0. The largest absolute Gasteiger partial charge is 0.396 e. The summed E-state index contributed by atoms with van der Waals surface area (Å²) < 4.78 is 0. The van der Waals surface area contributed by atoms with Crippen molar-refractivity contribution < 1.29 is 4.79 Å². The van der Waals surface area contributed by atoms with Gasteiger partial charge in [0.1, 0.15) is 5.02 Å². The molecule has 0 radical (unpaired) electrons. The summed E-state index contributed by atoms with van der Waals surface area (Å²) in [5, 5.41) is 4.02. The zero-order valence-electron chi connectivity index (χ0n) is 11.7. The maximum atomic E-state index is 12.2. The van der Waals surface area contributed by atoms with Crippen molar-refractivity contribution in [2.24, 2.45) is 5.10 Å². The monoisotopic (exact) mass is 368 g/mol. The van der Waals surface area contributed by atoms with Crippen LogP contribution in [0.4, 0.5) is 5.69 Å². The van der Waals surface area contributed by atoms with E-state index in [0.29, 0.717) is 12.8 Å². The Balaban J connectivity index is 1.78. The van der Waals surface area contributed by atoms with Crippen LogP contribution >= 0.6 is 34.8 Å². The Morgan fingerprint density at radius 2 is 1.74 bits per heavy atom. The fraction of sp³-hybridized carbons (Fsp3) is 0.133. The van der Waals surface area contributed by atoms with E-state index in [9.17, 15) is 4.79 Å². The molecule has 1 aromatic carbocycles. The fourth-order valence-electron chi connectivity index (χ4n) is 2.35. The van der Waals surface area contributed by atoms with Crippen molar-refractivity contribution in [2.45, 2.75) is 12.8 Å². The molecule has 1 aliphatic rings. The van der Waals surface area contributed by atoms with Crippen LogP contribution in [0.5, 0.6) is 0 Å². The van der Waals surface area contributed by atoms with Gasteiger partial charge in [-0.3, -0.25) is 4.79 Å². The Labute approximate surface area is 147 Å². The highest BCUT2D eigenvalue weighted by molar-refractivity contribution is 6.46. The molecule has 1 heterocycles. The molecule has 0 atom stereocenters. The average molecular weight is 370 g/mol. The second-order valence-electron chi connectivity index (χ2n) is 5.03. The number of amides is 1. The summed E-state index contributed by atoms with van der Waals surface area (Å²) in [6.45, 7) is 0. The van der Waals surface area contributed by atoms with Gasteiger partial charge >= 0.3 is 0 Å². The predicted molar refractivity (Wildman–Crippen MR) is 92.4 cm³/mol. The maximum absolute atomic E-state index is 12.2. The van der Waals surface area contributed by atoms with Gasteiger partial charge in [0.25, 0.3) is 5.91 Å². The molecule has 1 aromatic heterocycles. The molecule has 1 amide bonds. The molecule has 0 unspecified atom stereocenters. The van der Waals surface area contributed by atoms with Crippen molar-refractivity contribution in [3.63, 3.8) is 0 Å². The second-order valence-corrected chi connectivity index (χ2v) is 6.15. The number of rotatable bonds is 2. The van der Waals surface area contributed by atoms with E-state index in [1.807, 2.05) is 24.3 Å². The van der Waals surface area contributed by atoms with Gasteiger partial charge in [-0.1, -0.05) is 59.1 Å². The summed E-state index contributed by atoms with van der Waals surface area (Å²) in [5.74, 6) is -0.594. The number of hydrazone groups is 1. The first-order valence-electron chi connectivity index (χ1n) is 6.70.